The van der Waals surface area contributed by atoms with Crippen molar-refractivity contribution in [3.8, 4) is 0 Å². The molecule has 0 atom stereocenters. The molecule has 1 aromatic heterocycles. The van der Waals surface area contributed by atoms with Crippen LogP contribution in [0.5, 0.6) is 0 Å². The number of rotatable bonds is 11. The van der Waals surface area contributed by atoms with E-state index in [0.717, 1.165) is 26.1 Å². The van der Waals surface area contributed by atoms with Crippen molar-refractivity contribution in [1.82, 2.24) is 10.3 Å². The van der Waals surface area contributed by atoms with Gasteiger partial charge >= 0.3 is 0 Å². The Morgan fingerprint density at radius 1 is 1.10 bits per heavy atom. The molecule has 0 bridgehead atoms. The van der Waals surface area contributed by atoms with Crippen LogP contribution in [-0.2, 0) is 13.0 Å². The van der Waals surface area contributed by atoms with Crippen molar-refractivity contribution in [3.05, 3.63) is 10.6 Å². The molecule has 0 amide bonds. The monoisotopic (exact) mass is 297 g/mol. The summed E-state index contributed by atoms with van der Waals surface area (Å²) in [5.41, 5.74) is 1.30. The van der Waals surface area contributed by atoms with E-state index < -0.39 is 0 Å². The molecule has 0 aromatic carbocycles. The number of hydrogen-bond donors (Lipinski definition) is 1. The second kappa shape index (κ2) is 10.2. The van der Waals surface area contributed by atoms with Crippen molar-refractivity contribution in [1.29, 1.82) is 0 Å². The lowest BCUT2D eigenvalue weighted by atomic mass is 10.2. The van der Waals surface area contributed by atoms with Crippen LogP contribution in [0.1, 0.15) is 63.4 Å². The van der Waals surface area contributed by atoms with E-state index in [-0.39, 0.29) is 0 Å². The summed E-state index contributed by atoms with van der Waals surface area (Å²) in [4.78, 5) is 8.61. The average molecular weight is 298 g/mol. The van der Waals surface area contributed by atoms with Crippen molar-refractivity contribution in [2.45, 2.75) is 65.8 Å². The SMILES string of the molecule is CCCCCN(C)c1nc(CCC)c(CNCCC)s1. The predicted molar refractivity (Wildman–Crippen MR) is 90.9 cm³/mol. The zero-order chi connectivity index (χ0) is 14.8. The van der Waals surface area contributed by atoms with Gasteiger partial charge < -0.3 is 10.2 Å². The number of nitrogens with zero attached hydrogens (tertiary/aromatic N) is 2. The normalized spacial score (nSPS) is 11.0. The minimum absolute atomic E-state index is 0.976. The second-order valence-corrected chi connectivity index (χ2v) is 6.48. The van der Waals surface area contributed by atoms with Crippen LogP contribution in [0.25, 0.3) is 0 Å². The average Bonchev–Trinajstić information content (AvgIpc) is 2.83. The minimum Gasteiger partial charge on any atom is -0.351 e. The molecule has 1 N–H and O–H groups in total. The van der Waals surface area contributed by atoms with Crippen molar-refractivity contribution in [2.24, 2.45) is 0 Å². The Balaban J connectivity index is 2.63. The van der Waals surface area contributed by atoms with Crippen LogP contribution in [0.3, 0.4) is 0 Å². The molecule has 0 radical (unpaired) electrons. The first kappa shape index (κ1) is 17.4. The maximum Gasteiger partial charge on any atom is 0.185 e. The topological polar surface area (TPSA) is 28.2 Å². The fraction of sp³-hybridized carbons (Fsp3) is 0.812. The summed E-state index contributed by atoms with van der Waals surface area (Å²) in [5.74, 6) is 0. The highest BCUT2D eigenvalue weighted by Crippen LogP contribution is 2.27. The van der Waals surface area contributed by atoms with Crippen LogP contribution < -0.4 is 10.2 Å². The van der Waals surface area contributed by atoms with E-state index in [1.165, 1.54) is 47.8 Å². The largest absolute Gasteiger partial charge is 0.351 e. The molecule has 1 heterocycles. The molecule has 0 aliphatic rings. The first-order valence-electron chi connectivity index (χ1n) is 8.13. The number of anilines is 1. The molecule has 1 rings (SSSR count). The van der Waals surface area contributed by atoms with E-state index in [2.05, 4.69) is 38.0 Å². The number of aromatic nitrogens is 1. The van der Waals surface area contributed by atoms with Gasteiger partial charge in [-0.05, 0) is 25.8 Å². The highest BCUT2D eigenvalue weighted by molar-refractivity contribution is 7.15. The van der Waals surface area contributed by atoms with E-state index in [0.29, 0.717) is 0 Å². The molecule has 0 saturated heterocycles. The van der Waals surface area contributed by atoms with E-state index in [9.17, 15) is 0 Å². The van der Waals surface area contributed by atoms with Gasteiger partial charge in [0.15, 0.2) is 5.13 Å². The molecule has 0 spiro atoms. The maximum atomic E-state index is 4.86. The van der Waals surface area contributed by atoms with Gasteiger partial charge in [-0.15, -0.1) is 11.3 Å². The van der Waals surface area contributed by atoms with Gasteiger partial charge in [0.05, 0.1) is 5.69 Å². The summed E-state index contributed by atoms with van der Waals surface area (Å²) < 4.78 is 0. The molecule has 1 aromatic rings. The highest BCUT2D eigenvalue weighted by atomic mass is 32.1. The van der Waals surface area contributed by atoms with Gasteiger partial charge in [0.2, 0.25) is 0 Å². The van der Waals surface area contributed by atoms with Gasteiger partial charge in [-0.2, -0.15) is 0 Å². The van der Waals surface area contributed by atoms with E-state index >= 15 is 0 Å². The molecule has 0 aliphatic carbocycles. The summed E-state index contributed by atoms with van der Waals surface area (Å²) in [6, 6.07) is 0. The molecule has 116 valence electrons. The molecule has 0 fully saturated rings. The highest BCUT2D eigenvalue weighted by Gasteiger charge is 2.13. The third-order valence-corrected chi connectivity index (χ3v) is 4.60. The van der Waals surface area contributed by atoms with Gasteiger partial charge in [0.25, 0.3) is 0 Å². The van der Waals surface area contributed by atoms with Crippen LogP contribution >= 0.6 is 11.3 Å². The van der Waals surface area contributed by atoms with Gasteiger partial charge in [0.1, 0.15) is 0 Å². The smallest absolute Gasteiger partial charge is 0.185 e. The molecule has 20 heavy (non-hydrogen) atoms. The minimum atomic E-state index is 0.976. The summed E-state index contributed by atoms with van der Waals surface area (Å²) in [7, 11) is 2.17. The zero-order valence-electron chi connectivity index (χ0n) is 13.7. The Kier molecular flexibility index (Phi) is 8.86. The lowest BCUT2D eigenvalue weighted by Crippen LogP contribution is -2.18. The van der Waals surface area contributed by atoms with Gasteiger partial charge in [-0.25, -0.2) is 4.98 Å². The number of nitrogens with one attached hydrogen (secondary N) is 1. The second-order valence-electron chi connectivity index (χ2n) is 5.42. The molecule has 4 heteroatoms. The van der Waals surface area contributed by atoms with Gasteiger partial charge in [-0.1, -0.05) is 40.0 Å². The lowest BCUT2D eigenvalue weighted by molar-refractivity contribution is 0.674. The quantitative estimate of drug-likeness (QED) is 0.620. The summed E-state index contributed by atoms with van der Waals surface area (Å²) in [6.07, 6.45) is 7.30. The Labute approximate surface area is 128 Å². The van der Waals surface area contributed by atoms with Crippen LogP contribution in [0.15, 0.2) is 0 Å². The Morgan fingerprint density at radius 2 is 1.90 bits per heavy atom. The van der Waals surface area contributed by atoms with Crippen LogP contribution in [0.4, 0.5) is 5.13 Å². The van der Waals surface area contributed by atoms with Gasteiger partial charge in [-0.3, -0.25) is 0 Å². The van der Waals surface area contributed by atoms with Crippen LogP contribution in [-0.4, -0.2) is 25.1 Å². The third kappa shape index (κ3) is 5.80. The number of aryl methyl sites for hydroxylation is 1. The Morgan fingerprint density at radius 3 is 2.55 bits per heavy atom. The lowest BCUT2D eigenvalue weighted by Gasteiger charge is -2.14. The van der Waals surface area contributed by atoms with Crippen molar-refractivity contribution in [2.75, 3.05) is 25.0 Å². The summed E-state index contributed by atoms with van der Waals surface area (Å²) in [5, 5.41) is 4.70. The van der Waals surface area contributed by atoms with Crippen molar-refractivity contribution < 1.29 is 0 Å². The maximum absolute atomic E-state index is 4.86. The zero-order valence-corrected chi connectivity index (χ0v) is 14.5. The molecule has 3 nitrogen and oxygen atoms in total. The first-order valence-corrected chi connectivity index (χ1v) is 8.94. The fourth-order valence-corrected chi connectivity index (χ4v) is 3.24. The van der Waals surface area contributed by atoms with Gasteiger partial charge in [0, 0.05) is 25.0 Å². The summed E-state index contributed by atoms with van der Waals surface area (Å²) in [6.45, 7) is 9.87. The first-order chi connectivity index (χ1) is 9.72. The third-order valence-electron chi connectivity index (χ3n) is 3.39. The van der Waals surface area contributed by atoms with Crippen molar-refractivity contribution >= 4 is 16.5 Å². The number of thiazole rings is 1. The number of unbranched alkanes of at least 4 members (excludes halogenated alkanes) is 2. The van der Waals surface area contributed by atoms with Crippen LogP contribution in [0, 0.1) is 0 Å². The molecule has 0 saturated carbocycles. The summed E-state index contributed by atoms with van der Waals surface area (Å²) >= 11 is 1.87. The molecular weight excluding hydrogens is 266 g/mol. The predicted octanol–water partition coefficient (Wildman–Crippen LogP) is 4.22. The molecule has 0 aliphatic heterocycles. The number of hydrogen-bond acceptors (Lipinski definition) is 4. The molecule has 0 unspecified atom stereocenters. The van der Waals surface area contributed by atoms with Crippen LogP contribution in [0.2, 0.25) is 0 Å². The van der Waals surface area contributed by atoms with E-state index in [1.807, 2.05) is 11.3 Å². The van der Waals surface area contributed by atoms with E-state index in [4.69, 9.17) is 4.98 Å². The fourth-order valence-electron chi connectivity index (χ4n) is 2.18. The van der Waals surface area contributed by atoms with Crippen molar-refractivity contribution in [3.63, 3.8) is 0 Å². The Hall–Kier alpha value is -0.610. The Bertz CT molecular complexity index is 363. The molecular formula is C16H31N3S. The van der Waals surface area contributed by atoms with E-state index in [1.54, 1.807) is 0 Å². The standard InChI is InChI=1S/C16H31N3S/c1-5-8-9-12-19(4)16-18-14(10-6-2)15(20-16)13-17-11-7-3/h17H,5-13H2,1-4H3.